The summed E-state index contributed by atoms with van der Waals surface area (Å²) in [5.41, 5.74) is 1.54. The maximum atomic E-state index is 12.1. The van der Waals surface area contributed by atoms with Gasteiger partial charge in [0.25, 0.3) is 0 Å². The maximum Gasteiger partial charge on any atom is 0.573 e. The van der Waals surface area contributed by atoms with E-state index in [1.165, 1.54) is 12.1 Å². The van der Waals surface area contributed by atoms with Gasteiger partial charge < -0.3 is 9.47 Å². The van der Waals surface area contributed by atoms with E-state index in [1.807, 2.05) is 6.92 Å². The molecule has 1 aromatic heterocycles. The van der Waals surface area contributed by atoms with Crippen LogP contribution in [0, 0.1) is 0 Å². The highest BCUT2D eigenvalue weighted by atomic mass is 19.4. The quantitative estimate of drug-likeness (QED) is 0.817. The molecule has 0 radical (unpaired) electrons. The minimum atomic E-state index is -4.68. The van der Waals surface area contributed by atoms with Crippen LogP contribution in [-0.2, 0) is 0 Å². The molecular formula is C15H14F3NO2. The summed E-state index contributed by atoms with van der Waals surface area (Å²) in [4.78, 5) is 4.14. The second-order valence-electron chi connectivity index (χ2n) is 4.31. The molecule has 0 saturated carbocycles. The van der Waals surface area contributed by atoms with E-state index in [0.717, 1.165) is 17.5 Å². The van der Waals surface area contributed by atoms with Gasteiger partial charge in [-0.05, 0) is 30.2 Å². The number of aromatic nitrogens is 1. The lowest BCUT2D eigenvalue weighted by Crippen LogP contribution is -2.16. The maximum absolute atomic E-state index is 12.1. The molecule has 0 bridgehead atoms. The molecule has 0 N–H and O–H groups in total. The summed E-state index contributed by atoms with van der Waals surface area (Å²) in [6.45, 7) is 2.59. The summed E-state index contributed by atoms with van der Waals surface area (Å²) in [6, 6.07) is 9.16. The van der Waals surface area contributed by atoms with Gasteiger partial charge in [0.2, 0.25) is 5.88 Å². The van der Waals surface area contributed by atoms with Crippen molar-refractivity contribution in [1.82, 2.24) is 4.98 Å². The number of pyridine rings is 1. The van der Waals surface area contributed by atoms with E-state index in [0.29, 0.717) is 12.5 Å². The number of rotatable bonds is 5. The largest absolute Gasteiger partial charge is 0.573 e. The van der Waals surface area contributed by atoms with Crippen LogP contribution in [-0.4, -0.2) is 18.0 Å². The number of ether oxygens (including phenoxy) is 2. The third kappa shape index (κ3) is 4.66. The summed E-state index contributed by atoms with van der Waals surface area (Å²) >= 11 is 0. The summed E-state index contributed by atoms with van der Waals surface area (Å²) in [7, 11) is 0. The highest BCUT2D eigenvalue weighted by Crippen LogP contribution is 2.26. The molecule has 112 valence electrons. The van der Waals surface area contributed by atoms with Gasteiger partial charge in [-0.25, -0.2) is 4.98 Å². The van der Waals surface area contributed by atoms with E-state index in [-0.39, 0.29) is 5.75 Å². The monoisotopic (exact) mass is 297 g/mol. The molecule has 3 nitrogen and oxygen atoms in total. The molecule has 2 rings (SSSR count). The first-order valence-electron chi connectivity index (χ1n) is 6.43. The zero-order valence-corrected chi connectivity index (χ0v) is 11.4. The lowest BCUT2D eigenvalue weighted by Gasteiger charge is -2.09. The normalized spacial score (nSPS) is 11.2. The Morgan fingerprint density at radius 3 is 2.19 bits per heavy atom. The molecule has 21 heavy (non-hydrogen) atoms. The van der Waals surface area contributed by atoms with Crippen LogP contribution < -0.4 is 9.47 Å². The van der Waals surface area contributed by atoms with E-state index in [2.05, 4.69) is 9.72 Å². The summed E-state index contributed by atoms with van der Waals surface area (Å²) in [5.74, 6) is 0.278. The van der Waals surface area contributed by atoms with Gasteiger partial charge in [-0.2, -0.15) is 0 Å². The molecule has 0 aliphatic rings. The number of hydrogen-bond donors (Lipinski definition) is 0. The second kappa shape index (κ2) is 6.47. The van der Waals surface area contributed by atoms with Crippen LogP contribution in [0.4, 0.5) is 13.2 Å². The molecule has 0 aliphatic heterocycles. The molecule has 6 heteroatoms. The minimum absolute atomic E-state index is 0.248. The van der Waals surface area contributed by atoms with Crippen molar-refractivity contribution in [1.29, 1.82) is 0 Å². The standard InChI is InChI=1S/C15H14F3NO2/c1-2-9-20-14-8-5-12(10-19-14)11-3-6-13(7-4-11)21-15(16,17)18/h3-8,10H,2,9H2,1H3. The van der Waals surface area contributed by atoms with E-state index >= 15 is 0 Å². The molecule has 0 fully saturated rings. The highest BCUT2D eigenvalue weighted by molar-refractivity contribution is 5.63. The van der Waals surface area contributed by atoms with Crippen LogP contribution in [0.2, 0.25) is 0 Å². The molecule has 0 aliphatic carbocycles. The van der Waals surface area contributed by atoms with Crippen molar-refractivity contribution in [3.8, 4) is 22.8 Å². The molecule has 1 aromatic carbocycles. The van der Waals surface area contributed by atoms with E-state index in [4.69, 9.17) is 4.74 Å². The molecule has 1 heterocycles. The van der Waals surface area contributed by atoms with Crippen LogP contribution in [0.5, 0.6) is 11.6 Å². The van der Waals surface area contributed by atoms with Gasteiger partial charge in [-0.1, -0.05) is 19.1 Å². The third-order valence-electron chi connectivity index (χ3n) is 2.61. The summed E-state index contributed by atoms with van der Waals surface area (Å²) in [6.07, 6.45) is -2.17. The Labute approximate surface area is 120 Å². The van der Waals surface area contributed by atoms with Crippen LogP contribution >= 0.6 is 0 Å². The fraction of sp³-hybridized carbons (Fsp3) is 0.267. The Kier molecular flexibility index (Phi) is 4.67. The first kappa shape index (κ1) is 15.2. The van der Waals surface area contributed by atoms with E-state index in [9.17, 15) is 13.2 Å². The zero-order valence-electron chi connectivity index (χ0n) is 11.4. The SMILES string of the molecule is CCCOc1ccc(-c2ccc(OC(F)(F)F)cc2)cn1. The van der Waals surface area contributed by atoms with Crippen molar-refractivity contribution in [3.05, 3.63) is 42.6 Å². The van der Waals surface area contributed by atoms with Gasteiger partial charge in [0.15, 0.2) is 0 Å². The fourth-order valence-electron chi connectivity index (χ4n) is 1.69. The average molecular weight is 297 g/mol. The van der Waals surface area contributed by atoms with Gasteiger partial charge in [0.1, 0.15) is 5.75 Å². The van der Waals surface area contributed by atoms with Gasteiger partial charge >= 0.3 is 6.36 Å². The predicted octanol–water partition coefficient (Wildman–Crippen LogP) is 4.44. The van der Waals surface area contributed by atoms with Crippen molar-refractivity contribution >= 4 is 0 Å². The highest BCUT2D eigenvalue weighted by Gasteiger charge is 2.30. The van der Waals surface area contributed by atoms with E-state index < -0.39 is 6.36 Å². The second-order valence-corrected chi connectivity index (χ2v) is 4.31. The number of alkyl halides is 3. The Hall–Kier alpha value is -2.24. The zero-order chi connectivity index (χ0) is 15.3. The molecule has 2 aromatic rings. The van der Waals surface area contributed by atoms with Gasteiger partial charge in [0.05, 0.1) is 6.61 Å². The van der Waals surface area contributed by atoms with Gasteiger partial charge in [0, 0.05) is 17.8 Å². The Bertz CT molecular complexity index is 565. The van der Waals surface area contributed by atoms with Crippen molar-refractivity contribution < 1.29 is 22.6 Å². The van der Waals surface area contributed by atoms with Crippen molar-refractivity contribution in [2.75, 3.05) is 6.61 Å². The molecule has 0 atom stereocenters. The Morgan fingerprint density at radius 2 is 1.67 bits per heavy atom. The minimum Gasteiger partial charge on any atom is -0.478 e. The molecular weight excluding hydrogens is 283 g/mol. The first-order valence-corrected chi connectivity index (χ1v) is 6.43. The third-order valence-corrected chi connectivity index (χ3v) is 2.61. The van der Waals surface area contributed by atoms with Gasteiger partial charge in [-0.15, -0.1) is 13.2 Å². The lowest BCUT2D eigenvalue weighted by molar-refractivity contribution is -0.274. The number of nitrogens with zero attached hydrogens (tertiary/aromatic N) is 1. The molecule has 0 unspecified atom stereocenters. The molecule has 0 spiro atoms. The summed E-state index contributed by atoms with van der Waals surface area (Å²) < 4.78 is 45.4. The Balaban J connectivity index is 2.08. The number of benzene rings is 1. The average Bonchev–Trinajstić information content (AvgIpc) is 2.45. The van der Waals surface area contributed by atoms with Crippen LogP contribution in [0.25, 0.3) is 11.1 Å². The summed E-state index contributed by atoms with van der Waals surface area (Å²) in [5, 5.41) is 0. The van der Waals surface area contributed by atoms with Crippen molar-refractivity contribution in [3.63, 3.8) is 0 Å². The van der Waals surface area contributed by atoms with Crippen molar-refractivity contribution in [2.45, 2.75) is 19.7 Å². The fourth-order valence-corrected chi connectivity index (χ4v) is 1.69. The predicted molar refractivity (Wildman–Crippen MR) is 72.1 cm³/mol. The Morgan fingerprint density at radius 1 is 1.00 bits per heavy atom. The van der Waals surface area contributed by atoms with Crippen molar-refractivity contribution in [2.24, 2.45) is 0 Å². The van der Waals surface area contributed by atoms with Crippen LogP contribution in [0.15, 0.2) is 42.6 Å². The smallest absolute Gasteiger partial charge is 0.478 e. The first-order chi connectivity index (χ1) is 9.98. The van der Waals surface area contributed by atoms with E-state index in [1.54, 1.807) is 30.5 Å². The van der Waals surface area contributed by atoms with Crippen LogP contribution in [0.1, 0.15) is 13.3 Å². The van der Waals surface area contributed by atoms with Gasteiger partial charge in [-0.3, -0.25) is 0 Å². The number of hydrogen-bond acceptors (Lipinski definition) is 3. The topological polar surface area (TPSA) is 31.4 Å². The molecule has 0 saturated heterocycles. The molecule has 0 amide bonds. The van der Waals surface area contributed by atoms with Crippen LogP contribution in [0.3, 0.4) is 0 Å². The lowest BCUT2D eigenvalue weighted by atomic mass is 10.1. The number of halogens is 3.